The minimum atomic E-state index is 0.588. The molecule has 0 aliphatic carbocycles. The van der Waals surface area contributed by atoms with E-state index in [-0.39, 0.29) is 0 Å². The van der Waals surface area contributed by atoms with Crippen LogP contribution in [-0.2, 0) is 11.3 Å². The van der Waals surface area contributed by atoms with Gasteiger partial charge in [0.2, 0.25) is 0 Å². The summed E-state index contributed by atoms with van der Waals surface area (Å²) < 4.78 is 5.52. The highest BCUT2D eigenvalue weighted by atomic mass is 35.5. The number of benzene rings is 1. The van der Waals surface area contributed by atoms with Gasteiger partial charge >= 0.3 is 0 Å². The van der Waals surface area contributed by atoms with Crippen LogP contribution in [0.1, 0.15) is 36.8 Å². The maximum absolute atomic E-state index is 6.10. The van der Waals surface area contributed by atoms with Crippen LogP contribution in [0, 0.1) is 12.3 Å². The third kappa shape index (κ3) is 3.19. The molecule has 3 heteroatoms. The molecule has 0 saturated carbocycles. The zero-order valence-corrected chi connectivity index (χ0v) is 13.1. The summed E-state index contributed by atoms with van der Waals surface area (Å²) in [5.41, 5.74) is 3.15. The van der Waals surface area contributed by atoms with E-state index in [1.807, 2.05) is 6.07 Å². The molecule has 2 nitrogen and oxygen atoms in total. The molecule has 2 fully saturated rings. The smallest absolute Gasteiger partial charge is 0.0471 e. The van der Waals surface area contributed by atoms with Crippen LogP contribution < -0.4 is 0 Å². The molecule has 2 saturated heterocycles. The quantitative estimate of drug-likeness (QED) is 0.816. The van der Waals surface area contributed by atoms with Gasteiger partial charge in [-0.2, -0.15) is 0 Å². The highest BCUT2D eigenvalue weighted by Crippen LogP contribution is 2.40. The maximum atomic E-state index is 6.10. The average Bonchev–Trinajstić information content (AvgIpc) is 2.47. The van der Waals surface area contributed by atoms with E-state index in [2.05, 4.69) is 24.0 Å². The van der Waals surface area contributed by atoms with Crippen molar-refractivity contribution >= 4 is 11.6 Å². The summed E-state index contributed by atoms with van der Waals surface area (Å²) in [4.78, 5) is 2.59. The Morgan fingerprint density at radius 2 is 1.85 bits per heavy atom. The van der Waals surface area contributed by atoms with E-state index in [4.69, 9.17) is 16.3 Å². The Bertz CT molecular complexity index is 458. The van der Waals surface area contributed by atoms with E-state index >= 15 is 0 Å². The van der Waals surface area contributed by atoms with Crippen molar-refractivity contribution in [2.45, 2.75) is 39.2 Å². The summed E-state index contributed by atoms with van der Waals surface area (Å²) in [5, 5.41) is 0.869. The van der Waals surface area contributed by atoms with Gasteiger partial charge in [-0.3, -0.25) is 4.90 Å². The lowest BCUT2D eigenvalue weighted by molar-refractivity contribution is -0.0218. The summed E-state index contributed by atoms with van der Waals surface area (Å²) in [6.07, 6.45) is 5.20. The summed E-state index contributed by atoms with van der Waals surface area (Å²) in [6, 6.07) is 6.41. The van der Waals surface area contributed by atoms with E-state index in [9.17, 15) is 0 Å². The molecule has 0 atom stereocenters. The molecule has 1 spiro atoms. The number of nitrogens with zero attached hydrogens (tertiary/aromatic N) is 1. The molecular formula is C17H24ClNO. The van der Waals surface area contributed by atoms with Gasteiger partial charge in [0.25, 0.3) is 0 Å². The van der Waals surface area contributed by atoms with E-state index in [1.54, 1.807) is 0 Å². The number of halogens is 1. The minimum Gasteiger partial charge on any atom is -0.381 e. The lowest BCUT2D eigenvalue weighted by atomic mass is 9.72. The van der Waals surface area contributed by atoms with Gasteiger partial charge in [0.1, 0.15) is 0 Å². The molecule has 3 rings (SSSR count). The largest absolute Gasteiger partial charge is 0.381 e. The molecule has 0 aromatic heterocycles. The molecule has 2 aliphatic rings. The average molecular weight is 294 g/mol. The Hall–Kier alpha value is -0.570. The molecule has 1 aromatic carbocycles. The van der Waals surface area contributed by atoms with Crippen LogP contribution in [0.2, 0.25) is 5.02 Å². The molecule has 2 aliphatic heterocycles. The first kappa shape index (κ1) is 14.4. The zero-order valence-electron chi connectivity index (χ0n) is 12.3. The van der Waals surface area contributed by atoms with Crippen LogP contribution in [0.3, 0.4) is 0 Å². The van der Waals surface area contributed by atoms with Gasteiger partial charge in [-0.15, -0.1) is 0 Å². The molecule has 0 amide bonds. The lowest BCUT2D eigenvalue weighted by Crippen LogP contribution is -2.42. The third-order valence-corrected chi connectivity index (χ3v) is 5.52. The van der Waals surface area contributed by atoms with Gasteiger partial charge < -0.3 is 4.74 Å². The molecule has 1 aromatic rings. The fraction of sp³-hybridized carbons (Fsp3) is 0.647. The van der Waals surface area contributed by atoms with Crippen molar-refractivity contribution in [3.8, 4) is 0 Å². The van der Waals surface area contributed by atoms with Crippen LogP contribution in [0.25, 0.3) is 0 Å². The fourth-order valence-corrected chi connectivity index (χ4v) is 3.67. The van der Waals surface area contributed by atoms with Crippen molar-refractivity contribution < 1.29 is 4.74 Å². The van der Waals surface area contributed by atoms with Gasteiger partial charge in [-0.1, -0.05) is 23.7 Å². The topological polar surface area (TPSA) is 12.5 Å². The van der Waals surface area contributed by atoms with E-state index < -0.39 is 0 Å². The number of aryl methyl sites for hydroxylation is 1. The van der Waals surface area contributed by atoms with E-state index in [0.29, 0.717) is 5.41 Å². The molecule has 0 unspecified atom stereocenters. The van der Waals surface area contributed by atoms with E-state index in [0.717, 1.165) is 24.8 Å². The Balaban J connectivity index is 1.56. The highest BCUT2D eigenvalue weighted by Gasteiger charge is 2.35. The summed E-state index contributed by atoms with van der Waals surface area (Å²) in [6.45, 7) is 7.53. The molecule has 0 bridgehead atoms. The second-order valence-corrected chi connectivity index (χ2v) is 6.88. The molecule has 20 heavy (non-hydrogen) atoms. The summed E-state index contributed by atoms with van der Waals surface area (Å²) in [5.74, 6) is 0. The van der Waals surface area contributed by atoms with E-state index in [1.165, 1.54) is 49.9 Å². The predicted molar refractivity (Wildman–Crippen MR) is 83.2 cm³/mol. The fourth-order valence-electron chi connectivity index (χ4n) is 3.55. The Morgan fingerprint density at radius 3 is 2.50 bits per heavy atom. The molecular weight excluding hydrogens is 270 g/mol. The monoisotopic (exact) mass is 293 g/mol. The molecule has 0 radical (unpaired) electrons. The second kappa shape index (κ2) is 6.05. The Labute approximate surface area is 127 Å². The van der Waals surface area contributed by atoms with Crippen molar-refractivity contribution in [2.24, 2.45) is 5.41 Å². The first-order chi connectivity index (χ1) is 9.67. The SMILES string of the molecule is Cc1cc(CN2CCC3(CCOCC3)CC2)ccc1Cl. The standard InChI is InChI=1S/C17H24ClNO/c1-14-12-15(2-3-16(14)18)13-19-8-4-17(5-9-19)6-10-20-11-7-17/h2-3,12H,4-11,13H2,1H3. The van der Waals surface area contributed by atoms with Crippen LogP contribution in [-0.4, -0.2) is 31.2 Å². The van der Waals surface area contributed by atoms with Crippen molar-refractivity contribution in [1.29, 1.82) is 0 Å². The Kier molecular flexibility index (Phi) is 4.34. The van der Waals surface area contributed by atoms with Crippen LogP contribution >= 0.6 is 11.6 Å². The Morgan fingerprint density at radius 1 is 1.15 bits per heavy atom. The number of rotatable bonds is 2. The number of piperidine rings is 1. The van der Waals surface area contributed by atoms with Crippen LogP contribution in [0.5, 0.6) is 0 Å². The van der Waals surface area contributed by atoms with Crippen molar-refractivity contribution in [3.05, 3.63) is 34.3 Å². The minimum absolute atomic E-state index is 0.588. The predicted octanol–water partition coefficient (Wildman–Crippen LogP) is 4.04. The first-order valence-electron chi connectivity index (χ1n) is 7.72. The van der Waals surface area contributed by atoms with Gasteiger partial charge in [0.05, 0.1) is 0 Å². The van der Waals surface area contributed by atoms with Crippen molar-refractivity contribution in [2.75, 3.05) is 26.3 Å². The van der Waals surface area contributed by atoms with Gasteiger partial charge in [0, 0.05) is 24.8 Å². The third-order valence-electron chi connectivity index (χ3n) is 5.10. The van der Waals surface area contributed by atoms with Gasteiger partial charge in [0.15, 0.2) is 0 Å². The lowest BCUT2D eigenvalue weighted by Gasteiger charge is -2.44. The maximum Gasteiger partial charge on any atom is 0.0471 e. The molecule has 110 valence electrons. The first-order valence-corrected chi connectivity index (χ1v) is 8.10. The van der Waals surface area contributed by atoms with Crippen molar-refractivity contribution in [3.63, 3.8) is 0 Å². The molecule has 0 N–H and O–H groups in total. The number of ether oxygens (including phenoxy) is 1. The van der Waals surface area contributed by atoms with Crippen molar-refractivity contribution in [1.82, 2.24) is 4.90 Å². The van der Waals surface area contributed by atoms with Gasteiger partial charge in [-0.05, 0) is 68.3 Å². The summed E-state index contributed by atoms with van der Waals surface area (Å²) >= 11 is 6.10. The second-order valence-electron chi connectivity index (χ2n) is 6.47. The number of likely N-dealkylation sites (tertiary alicyclic amines) is 1. The normalized spacial score (nSPS) is 23.1. The summed E-state index contributed by atoms with van der Waals surface area (Å²) in [7, 11) is 0. The van der Waals surface area contributed by atoms with Crippen LogP contribution in [0.15, 0.2) is 18.2 Å². The van der Waals surface area contributed by atoms with Crippen LogP contribution in [0.4, 0.5) is 0 Å². The number of hydrogen-bond acceptors (Lipinski definition) is 2. The highest BCUT2D eigenvalue weighted by molar-refractivity contribution is 6.31. The zero-order chi connectivity index (χ0) is 14.0. The number of hydrogen-bond donors (Lipinski definition) is 0. The van der Waals surface area contributed by atoms with Gasteiger partial charge in [-0.25, -0.2) is 0 Å². The molecule has 2 heterocycles.